The van der Waals surface area contributed by atoms with E-state index in [-0.39, 0.29) is 0 Å². The predicted octanol–water partition coefficient (Wildman–Crippen LogP) is 7.81. The van der Waals surface area contributed by atoms with E-state index in [4.69, 9.17) is 0 Å². The third-order valence-corrected chi connectivity index (χ3v) is 9.67. The fourth-order valence-corrected chi connectivity index (χ4v) is 8.32. The first-order valence-corrected chi connectivity index (χ1v) is 11.7. The van der Waals surface area contributed by atoms with Gasteiger partial charge in [-0.05, 0) is 48.2 Å². The smallest absolute Gasteiger partial charge is 0.0706 e. The molecule has 0 atom stereocenters. The Morgan fingerprint density at radius 1 is 0.583 bits per heavy atom. The molecule has 0 spiro atoms. The molecule has 0 bridgehead atoms. The first kappa shape index (κ1) is 17.0. The maximum Gasteiger partial charge on any atom is 0.0706 e. The highest BCUT2D eigenvalue weighted by Crippen LogP contribution is 2.61. The van der Waals surface area contributed by atoms with Gasteiger partial charge in [0.2, 0.25) is 0 Å². The molecule has 2 aliphatic rings. The van der Waals surface area contributed by atoms with Crippen LogP contribution in [0.1, 0.15) is 37.8 Å². The molecular weight excluding hydrogens is 368 g/mol. The molecule has 2 aromatic rings. The summed E-state index contributed by atoms with van der Waals surface area (Å²) >= 11 is 7.81. The van der Waals surface area contributed by atoms with Crippen molar-refractivity contribution in [1.82, 2.24) is 0 Å². The number of thioether (sulfide) groups is 4. The van der Waals surface area contributed by atoms with E-state index in [0.29, 0.717) is 0 Å². The fourth-order valence-electron chi connectivity index (χ4n) is 2.93. The van der Waals surface area contributed by atoms with Gasteiger partial charge in [0, 0.05) is 19.6 Å². The minimum atomic E-state index is 1.18. The Bertz CT molecular complexity index is 740. The van der Waals surface area contributed by atoms with Gasteiger partial charge in [-0.3, -0.25) is 0 Å². The number of rotatable bonds is 4. The van der Waals surface area contributed by atoms with Gasteiger partial charge in [-0.25, -0.2) is 0 Å². The molecule has 0 saturated carbocycles. The summed E-state index contributed by atoms with van der Waals surface area (Å²) in [6, 6.07) is 14.0. The normalized spacial score (nSPS) is 18.8. The van der Waals surface area contributed by atoms with Crippen LogP contribution in [0.5, 0.6) is 0 Å². The lowest BCUT2D eigenvalue weighted by Crippen LogP contribution is -1.82. The number of hydrogen-bond donors (Lipinski definition) is 0. The number of hydrogen-bond acceptors (Lipinski definition) is 4. The lowest BCUT2D eigenvalue weighted by Gasteiger charge is -2.01. The molecule has 0 radical (unpaired) electrons. The first-order chi connectivity index (χ1) is 11.8. The van der Waals surface area contributed by atoms with Crippen LogP contribution in [-0.2, 0) is 12.8 Å². The lowest BCUT2D eigenvalue weighted by molar-refractivity contribution is 0.913. The number of benzene rings is 2. The third-order valence-electron chi connectivity index (χ3n) is 4.07. The maximum atomic E-state index is 2.39. The van der Waals surface area contributed by atoms with Crippen LogP contribution >= 0.6 is 47.0 Å². The van der Waals surface area contributed by atoms with Crippen LogP contribution in [0.3, 0.4) is 0 Å². The average Bonchev–Trinajstić information content (AvgIpc) is 3.18. The van der Waals surface area contributed by atoms with Gasteiger partial charge in [-0.1, -0.05) is 85.9 Å². The van der Waals surface area contributed by atoms with E-state index in [0.717, 1.165) is 0 Å². The van der Waals surface area contributed by atoms with Gasteiger partial charge < -0.3 is 0 Å². The van der Waals surface area contributed by atoms with Crippen molar-refractivity contribution in [3.63, 3.8) is 0 Å². The first-order valence-electron chi connectivity index (χ1n) is 8.48. The summed E-state index contributed by atoms with van der Waals surface area (Å²) in [5, 5.41) is 0. The summed E-state index contributed by atoms with van der Waals surface area (Å²) in [7, 11) is 0. The Balaban J connectivity index is 1.56. The third kappa shape index (κ3) is 3.44. The molecule has 0 amide bonds. The zero-order valence-electron chi connectivity index (χ0n) is 13.9. The van der Waals surface area contributed by atoms with E-state index in [1.54, 1.807) is 0 Å². The van der Waals surface area contributed by atoms with Crippen molar-refractivity contribution in [2.24, 2.45) is 0 Å². The Labute approximate surface area is 161 Å². The number of aryl methyl sites for hydroxylation is 2. The van der Waals surface area contributed by atoms with Crippen LogP contribution in [0.4, 0.5) is 0 Å². The fraction of sp³-hybridized carbons (Fsp3) is 0.300. The SMILES string of the molecule is CCCc1ccc2c(c1)S/C(=C1\Sc3ccc(CCC)cc3S1)S2. The van der Waals surface area contributed by atoms with E-state index < -0.39 is 0 Å². The quantitative estimate of drug-likeness (QED) is 0.523. The van der Waals surface area contributed by atoms with Crippen LogP contribution in [0.25, 0.3) is 0 Å². The second-order valence-electron chi connectivity index (χ2n) is 6.05. The molecule has 0 aliphatic carbocycles. The van der Waals surface area contributed by atoms with Gasteiger partial charge in [0.15, 0.2) is 0 Å². The lowest BCUT2D eigenvalue weighted by atomic mass is 10.1. The molecule has 0 unspecified atom stereocenters. The second kappa shape index (κ2) is 7.45. The van der Waals surface area contributed by atoms with E-state index in [1.165, 1.54) is 64.9 Å². The van der Waals surface area contributed by atoms with E-state index >= 15 is 0 Å². The molecule has 4 heteroatoms. The van der Waals surface area contributed by atoms with Crippen molar-refractivity contribution in [3.05, 3.63) is 56.0 Å². The Morgan fingerprint density at radius 3 is 1.42 bits per heavy atom. The molecule has 0 N–H and O–H groups in total. The van der Waals surface area contributed by atoms with Crippen LogP contribution in [0, 0.1) is 0 Å². The van der Waals surface area contributed by atoms with Crippen LogP contribution in [-0.4, -0.2) is 0 Å². The van der Waals surface area contributed by atoms with E-state index in [9.17, 15) is 0 Å². The zero-order chi connectivity index (χ0) is 16.5. The monoisotopic (exact) mass is 388 g/mol. The van der Waals surface area contributed by atoms with Gasteiger partial charge in [-0.15, -0.1) is 0 Å². The molecule has 24 heavy (non-hydrogen) atoms. The molecule has 2 heterocycles. The van der Waals surface area contributed by atoms with Crippen molar-refractivity contribution in [1.29, 1.82) is 0 Å². The van der Waals surface area contributed by atoms with Crippen molar-refractivity contribution in [2.45, 2.75) is 59.1 Å². The second-order valence-corrected chi connectivity index (χ2v) is 10.8. The molecule has 0 aromatic heterocycles. The van der Waals surface area contributed by atoms with Crippen LogP contribution in [0.2, 0.25) is 0 Å². The van der Waals surface area contributed by atoms with Crippen molar-refractivity contribution in [2.75, 3.05) is 0 Å². The van der Waals surface area contributed by atoms with E-state index in [2.05, 4.69) is 50.2 Å². The minimum Gasteiger partial charge on any atom is -0.0798 e. The summed E-state index contributed by atoms with van der Waals surface area (Å²) in [4.78, 5) is 5.73. The molecule has 2 aromatic carbocycles. The minimum absolute atomic E-state index is 1.18. The number of fused-ring (bicyclic) bond motifs is 2. The van der Waals surface area contributed by atoms with Gasteiger partial charge in [-0.2, -0.15) is 0 Å². The Hall–Kier alpha value is -0.420. The van der Waals surface area contributed by atoms with Gasteiger partial charge in [0.05, 0.1) is 8.47 Å². The summed E-state index contributed by atoms with van der Waals surface area (Å²) in [6.07, 6.45) is 4.79. The molecule has 0 saturated heterocycles. The van der Waals surface area contributed by atoms with Crippen molar-refractivity contribution < 1.29 is 0 Å². The highest BCUT2D eigenvalue weighted by Gasteiger charge is 2.27. The Morgan fingerprint density at radius 2 is 1.00 bits per heavy atom. The zero-order valence-corrected chi connectivity index (χ0v) is 17.2. The summed E-state index contributed by atoms with van der Waals surface area (Å²) in [5.41, 5.74) is 2.93. The highest BCUT2D eigenvalue weighted by atomic mass is 32.2. The van der Waals surface area contributed by atoms with Crippen LogP contribution < -0.4 is 0 Å². The largest absolute Gasteiger partial charge is 0.0798 e. The van der Waals surface area contributed by atoms with Crippen molar-refractivity contribution >= 4 is 47.0 Å². The average molecular weight is 389 g/mol. The Kier molecular flexibility index (Phi) is 5.28. The molecule has 124 valence electrons. The standard InChI is InChI=1S/C20H20S4/c1-3-5-13-7-9-15-17(11-13)23-19(21-15)20-22-16-10-8-14(6-4-2)12-18(16)24-20/h7-12H,3-6H2,1-2H3/b20-19+. The predicted molar refractivity (Wildman–Crippen MR) is 111 cm³/mol. The summed E-state index contributed by atoms with van der Waals surface area (Å²) in [5.74, 6) is 0. The summed E-state index contributed by atoms with van der Waals surface area (Å²) < 4.78 is 2.92. The molecule has 0 fully saturated rings. The van der Waals surface area contributed by atoms with Gasteiger partial charge >= 0.3 is 0 Å². The molecule has 0 nitrogen and oxygen atoms in total. The van der Waals surface area contributed by atoms with Gasteiger partial charge in [0.25, 0.3) is 0 Å². The van der Waals surface area contributed by atoms with E-state index in [1.807, 2.05) is 47.0 Å². The van der Waals surface area contributed by atoms with Gasteiger partial charge in [0.1, 0.15) is 0 Å². The topological polar surface area (TPSA) is 0 Å². The molecule has 2 aliphatic heterocycles. The highest BCUT2D eigenvalue weighted by molar-refractivity contribution is 8.30. The summed E-state index contributed by atoms with van der Waals surface area (Å²) in [6.45, 7) is 4.50. The molecule has 4 rings (SSSR count). The maximum absolute atomic E-state index is 2.39. The van der Waals surface area contributed by atoms with Crippen molar-refractivity contribution in [3.8, 4) is 0 Å². The van der Waals surface area contributed by atoms with Crippen LogP contribution in [0.15, 0.2) is 64.5 Å². The molecular formula is C20H20S4.